The second kappa shape index (κ2) is 3.25. The summed E-state index contributed by atoms with van der Waals surface area (Å²) in [7, 11) is 0. The molecule has 68 valence electrons. The van der Waals surface area contributed by atoms with E-state index in [9.17, 15) is 4.79 Å². The Hall–Kier alpha value is -0.240. The first-order valence-electron chi connectivity index (χ1n) is 4.72. The molecule has 2 rings (SSSR count). The van der Waals surface area contributed by atoms with Crippen molar-refractivity contribution in [2.45, 2.75) is 43.5 Å². The number of carbonyl (C=O) groups is 1. The minimum absolute atomic E-state index is 0.0415. The molecule has 1 amide bonds. The zero-order valence-electron chi connectivity index (χ0n) is 7.05. The SMILES string of the molecule is O=C1N[C@@H]2CCCC[C@@H]2C[C@@H]1Cl. The molecule has 0 aromatic carbocycles. The number of nitrogens with one attached hydrogen (secondary N) is 1. The van der Waals surface area contributed by atoms with E-state index < -0.39 is 0 Å². The van der Waals surface area contributed by atoms with Gasteiger partial charge in [0.05, 0.1) is 0 Å². The molecule has 1 saturated heterocycles. The first-order chi connectivity index (χ1) is 5.77. The van der Waals surface area contributed by atoms with Crippen LogP contribution >= 0.6 is 11.6 Å². The van der Waals surface area contributed by atoms with Crippen molar-refractivity contribution >= 4 is 17.5 Å². The summed E-state index contributed by atoms with van der Waals surface area (Å²) in [5.74, 6) is 0.693. The number of halogens is 1. The summed E-state index contributed by atoms with van der Waals surface area (Å²) in [4.78, 5) is 11.2. The molecule has 1 saturated carbocycles. The normalized spacial score (nSPS) is 41.8. The van der Waals surface area contributed by atoms with E-state index in [4.69, 9.17) is 11.6 Å². The molecule has 0 spiro atoms. The van der Waals surface area contributed by atoms with Crippen molar-refractivity contribution in [3.8, 4) is 0 Å². The Morgan fingerprint density at radius 2 is 2.08 bits per heavy atom. The van der Waals surface area contributed by atoms with E-state index in [-0.39, 0.29) is 11.3 Å². The van der Waals surface area contributed by atoms with Crippen molar-refractivity contribution < 1.29 is 4.79 Å². The highest BCUT2D eigenvalue weighted by Crippen LogP contribution is 2.32. The van der Waals surface area contributed by atoms with Crippen LogP contribution in [0, 0.1) is 5.92 Å². The fraction of sp³-hybridized carbons (Fsp3) is 0.889. The topological polar surface area (TPSA) is 29.1 Å². The van der Waals surface area contributed by atoms with E-state index in [2.05, 4.69) is 5.32 Å². The highest BCUT2D eigenvalue weighted by Gasteiger charge is 2.35. The second-order valence-electron chi connectivity index (χ2n) is 3.86. The van der Waals surface area contributed by atoms with Crippen LogP contribution in [0.3, 0.4) is 0 Å². The van der Waals surface area contributed by atoms with Gasteiger partial charge in [0.2, 0.25) is 5.91 Å². The van der Waals surface area contributed by atoms with Crippen LogP contribution in [0.15, 0.2) is 0 Å². The van der Waals surface area contributed by atoms with Gasteiger partial charge in [0.1, 0.15) is 5.38 Å². The van der Waals surface area contributed by atoms with E-state index >= 15 is 0 Å². The van der Waals surface area contributed by atoms with Crippen LogP contribution in [-0.4, -0.2) is 17.3 Å². The van der Waals surface area contributed by atoms with E-state index in [1.165, 1.54) is 19.3 Å². The number of carbonyl (C=O) groups excluding carboxylic acids is 1. The molecule has 3 atom stereocenters. The van der Waals surface area contributed by atoms with Crippen LogP contribution in [0.1, 0.15) is 32.1 Å². The van der Waals surface area contributed by atoms with Gasteiger partial charge in [-0.2, -0.15) is 0 Å². The summed E-state index contributed by atoms with van der Waals surface area (Å²) in [6, 6.07) is 0.432. The number of amides is 1. The van der Waals surface area contributed by atoms with Gasteiger partial charge in [0.15, 0.2) is 0 Å². The number of alkyl halides is 1. The number of hydrogen-bond donors (Lipinski definition) is 1. The standard InChI is InChI=1S/C9H14ClNO/c10-7-5-6-3-1-2-4-8(6)11-9(7)12/h6-8H,1-5H2,(H,11,12)/t6-,7+,8-/m1/s1. The van der Waals surface area contributed by atoms with Crippen molar-refractivity contribution in [3.63, 3.8) is 0 Å². The molecule has 0 radical (unpaired) electrons. The van der Waals surface area contributed by atoms with E-state index in [0.717, 1.165) is 12.8 Å². The minimum Gasteiger partial charge on any atom is -0.352 e. The third-order valence-corrected chi connectivity index (χ3v) is 3.41. The van der Waals surface area contributed by atoms with Crippen LogP contribution in [0.4, 0.5) is 0 Å². The lowest BCUT2D eigenvalue weighted by Crippen LogP contribution is -2.51. The van der Waals surface area contributed by atoms with Gasteiger partial charge in [-0.1, -0.05) is 12.8 Å². The van der Waals surface area contributed by atoms with Crippen molar-refractivity contribution in [1.29, 1.82) is 0 Å². The van der Waals surface area contributed by atoms with Gasteiger partial charge in [-0.25, -0.2) is 0 Å². The van der Waals surface area contributed by atoms with Crippen LogP contribution in [0.2, 0.25) is 0 Å². The van der Waals surface area contributed by atoms with Crippen LogP contribution in [0.5, 0.6) is 0 Å². The third-order valence-electron chi connectivity index (χ3n) is 3.03. The molecule has 1 aliphatic heterocycles. The summed E-state index contributed by atoms with van der Waals surface area (Å²) in [5.41, 5.74) is 0. The first-order valence-corrected chi connectivity index (χ1v) is 5.15. The maximum atomic E-state index is 11.2. The van der Waals surface area contributed by atoms with Gasteiger partial charge in [-0.15, -0.1) is 11.6 Å². The van der Waals surface area contributed by atoms with E-state index in [1.807, 2.05) is 0 Å². The van der Waals surface area contributed by atoms with Crippen LogP contribution in [0.25, 0.3) is 0 Å². The molecule has 1 N–H and O–H groups in total. The first kappa shape index (κ1) is 8.36. The number of piperidine rings is 1. The predicted molar refractivity (Wildman–Crippen MR) is 48.1 cm³/mol. The maximum Gasteiger partial charge on any atom is 0.238 e. The van der Waals surface area contributed by atoms with Crippen LogP contribution in [-0.2, 0) is 4.79 Å². The smallest absolute Gasteiger partial charge is 0.238 e. The Labute approximate surface area is 77.7 Å². The Balaban J connectivity index is 2.02. The molecule has 2 fully saturated rings. The average Bonchev–Trinajstić information content (AvgIpc) is 2.07. The van der Waals surface area contributed by atoms with Gasteiger partial charge in [0, 0.05) is 6.04 Å². The molecule has 0 bridgehead atoms. The highest BCUT2D eigenvalue weighted by atomic mass is 35.5. The fourth-order valence-electron chi connectivity index (χ4n) is 2.33. The Bertz CT molecular complexity index is 195. The molecule has 12 heavy (non-hydrogen) atoms. The van der Waals surface area contributed by atoms with Crippen molar-refractivity contribution in [3.05, 3.63) is 0 Å². The van der Waals surface area contributed by atoms with E-state index in [0.29, 0.717) is 12.0 Å². The van der Waals surface area contributed by atoms with Gasteiger partial charge in [-0.3, -0.25) is 4.79 Å². The van der Waals surface area contributed by atoms with Gasteiger partial charge < -0.3 is 5.32 Å². The Morgan fingerprint density at radius 3 is 2.92 bits per heavy atom. The maximum absolute atomic E-state index is 11.2. The molecular formula is C9H14ClNO. The molecule has 3 heteroatoms. The van der Waals surface area contributed by atoms with Crippen molar-refractivity contribution in [2.24, 2.45) is 5.92 Å². The quantitative estimate of drug-likeness (QED) is 0.575. The molecule has 1 heterocycles. The molecule has 1 aliphatic carbocycles. The Kier molecular flexibility index (Phi) is 2.26. The minimum atomic E-state index is -0.274. The van der Waals surface area contributed by atoms with Gasteiger partial charge in [-0.05, 0) is 25.2 Å². The number of rotatable bonds is 0. The summed E-state index contributed by atoms with van der Waals surface area (Å²) < 4.78 is 0. The zero-order valence-corrected chi connectivity index (χ0v) is 7.81. The second-order valence-corrected chi connectivity index (χ2v) is 4.39. The molecule has 0 unspecified atom stereocenters. The third kappa shape index (κ3) is 1.45. The number of fused-ring (bicyclic) bond motifs is 1. The number of hydrogen-bond acceptors (Lipinski definition) is 1. The largest absolute Gasteiger partial charge is 0.352 e. The summed E-state index contributed by atoms with van der Waals surface area (Å²) in [5, 5.41) is 2.72. The summed E-state index contributed by atoms with van der Waals surface area (Å²) >= 11 is 5.87. The summed E-state index contributed by atoms with van der Waals surface area (Å²) in [6.07, 6.45) is 5.85. The van der Waals surface area contributed by atoms with Gasteiger partial charge in [0.25, 0.3) is 0 Å². The molecule has 0 aromatic heterocycles. The highest BCUT2D eigenvalue weighted by molar-refractivity contribution is 6.30. The zero-order chi connectivity index (χ0) is 8.55. The Morgan fingerprint density at radius 1 is 1.33 bits per heavy atom. The molecule has 0 aromatic rings. The fourth-order valence-corrected chi connectivity index (χ4v) is 2.62. The lowest BCUT2D eigenvalue weighted by atomic mass is 9.79. The molecule has 2 nitrogen and oxygen atoms in total. The van der Waals surface area contributed by atoms with E-state index in [1.54, 1.807) is 0 Å². The van der Waals surface area contributed by atoms with Crippen molar-refractivity contribution in [2.75, 3.05) is 0 Å². The monoisotopic (exact) mass is 187 g/mol. The van der Waals surface area contributed by atoms with Crippen LogP contribution < -0.4 is 5.32 Å². The average molecular weight is 188 g/mol. The predicted octanol–water partition coefficient (Wildman–Crippen LogP) is 1.67. The van der Waals surface area contributed by atoms with Gasteiger partial charge >= 0.3 is 0 Å². The lowest BCUT2D eigenvalue weighted by Gasteiger charge is -2.37. The molecule has 2 aliphatic rings. The van der Waals surface area contributed by atoms with Crippen molar-refractivity contribution in [1.82, 2.24) is 5.32 Å². The summed E-state index contributed by atoms with van der Waals surface area (Å²) in [6.45, 7) is 0. The lowest BCUT2D eigenvalue weighted by molar-refractivity contribution is -0.124. The molecular weight excluding hydrogens is 174 g/mol.